The summed E-state index contributed by atoms with van der Waals surface area (Å²) in [6.45, 7) is 4.80. The SMILES string of the molecule is CC1CN(C(=O)[C@@H]2Cc3ccccc3CN2)CCS1. The zero-order valence-corrected chi connectivity index (χ0v) is 12.1. The summed E-state index contributed by atoms with van der Waals surface area (Å²) in [6.07, 6.45) is 0.826. The maximum Gasteiger partial charge on any atom is 0.240 e. The van der Waals surface area contributed by atoms with Crippen LogP contribution < -0.4 is 5.32 Å². The number of amides is 1. The number of carbonyl (C=O) groups excluding carboxylic acids is 1. The van der Waals surface area contributed by atoms with Crippen LogP contribution in [0.15, 0.2) is 24.3 Å². The van der Waals surface area contributed by atoms with E-state index in [1.807, 2.05) is 16.7 Å². The topological polar surface area (TPSA) is 32.3 Å². The first-order valence-electron chi connectivity index (χ1n) is 6.94. The van der Waals surface area contributed by atoms with Gasteiger partial charge in [-0.15, -0.1) is 0 Å². The first-order valence-corrected chi connectivity index (χ1v) is 7.99. The van der Waals surface area contributed by atoms with Crippen LogP contribution in [-0.2, 0) is 17.8 Å². The molecule has 2 aliphatic rings. The van der Waals surface area contributed by atoms with Crippen molar-refractivity contribution in [2.75, 3.05) is 18.8 Å². The number of fused-ring (bicyclic) bond motifs is 1. The molecule has 2 aliphatic heterocycles. The molecule has 19 heavy (non-hydrogen) atoms. The molecule has 1 saturated heterocycles. The van der Waals surface area contributed by atoms with Crippen molar-refractivity contribution in [3.63, 3.8) is 0 Å². The van der Waals surface area contributed by atoms with Gasteiger partial charge in [-0.25, -0.2) is 0 Å². The Kier molecular flexibility index (Phi) is 3.80. The molecule has 0 radical (unpaired) electrons. The minimum absolute atomic E-state index is 0.0369. The minimum Gasteiger partial charge on any atom is -0.339 e. The maximum absolute atomic E-state index is 12.6. The molecule has 4 heteroatoms. The van der Waals surface area contributed by atoms with Crippen LogP contribution in [0.1, 0.15) is 18.1 Å². The third-order valence-electron chi connectivity index (χ3n) is 3.93. The summed E-state index contributed by atoms with van der Waals surface area (Å²) in [6, 6.07) is 8.37. The second-order valence-corrected chi connectivity index (χ2v) is 6.92. The lowest BCUT2D eigenvalue weighted by molar-refractivity contribution is -0.133. The lowest BCUT2D eigenvalue weighted by Crippen LogP contribution is -2.52. The van der Waals surface area contributed by atoms with E-state index in [0.29, 0.717) is 5.25 Å². The van der Waals surface area contributed by atoms with Gasteiger partial charge in [0.1, 0.15) is 0 Å². The Morgan fingerprint density at radius 3 is 2.95 bits per heavy atom. The summed E-state index contributed by atoms with van der Waals surface area (Å²) in [5.74, 6) is 1.34. The van der Waals surface area contributed by atoms with Gasteiger partial charge in [-0.05, 0) is 17.5 Å². The summed E-state index contributed by atoms with van der Waals surface area (Å²) in [7, 11) is 0. The molecular weight excluding hydrogens is 256 g/mol. The highest BCUT2D eigenvalue weighted by atomic mass is 32.2. The smallest absolute Gasteiger partial charge is 0.240 e. The number of hydrogen-bond acceptors (Lipinski definition) is 3. The summed E-state index contributed by atoms with van der Waals surface area (Å²) in [5.41, 5.74) is 2.65. The predicted molar refractivity (Wildman–Crippen MR) is 79.3 cm³/mol. The fourth-order valence-corrected chi connectivity index (χ4v) is 3.88. The molecule has 2 heterocycles. The highest BCUT2D eigenvalue weighted by molar-refractivity contribution is 7.99. The molecule has 0 aromatic heterocycles. The van der Waals surface area contributed by atoms with Gasteiger partial charge in [-0.2, -0.15) is 11.8 Å². The van der Waals surface area contributed by atoms with E-state index >= 15 is 0 Å². The van der Waals surface area contributed by atoms with Crippen LogP contribution in [-0.4, -0.2) is 40.9 Å². The molecule has 1 N–H and O–H groups in total. The van der Waals surface area contributed by atoms with Crippen molar-refractivity contribution >= 4 is 17.7 Å². The molecule has 1 unspecified atom stereocenters. The Morgan fingerprint density at radius 2 is 2.16 bits per heavy atom. The lowest BCUT2D eigenvalue weighted by Gasteiger charge is -2.35. The van der Waals surface area contributed by atoms with Gasteiger partial charge in [0.2, 0.25) is 5.91 Å². The molecule has 0 saturated carbocycles. The average Bonchev–Trinajstić information content (AvgIpc) is 2.46. The van der Waals surface area contributed by atoms with Crippen LogP contribution in [0.4, 0.5) is 0 Å². The van der Waals surface area contributed by atoms with E-state index in [9.17, 15) is 4.79 Å². The second kappa shape index (κ2) is 5.55. The zero-order valence-electron chi connectivity index (χ0n) is 11.3. The van der Waals surface area contributed by atoms with Crippen LogP contribution in [0.5, 0.6) is 0 Å². The van der Waals surface area contributed by atoms with Gasteiger partial charge in [0.05, 0.1) is 6.04 Å². The summed E-state index contributed by atoms with van der Waals surface area (Å²) >= 11 is 1.96. The van der Waals surface area contributed by atoms with E-state index in [-0.39, 0.29) is 11.9 Å². The highest BCUT2D eigenvalue weighted by Gasteiger charge is 2.30. The van der Waals surface area contributed by atoms with Gasteiger partial charge in [0, 0.05) is 30.6 Å². The van der Waals surface area contributed by atoms with Crippen LogP contribution in [0.2, 0.25) is 0 Å². The molecule has 0 spiro atoms. The average molecular weight is 276 g/mol. The van der Waals surface area contributed by atoms with Crippen molar-refractivity contribution in [3.8, 4) is 0 Å². The third kappa shape index (κ3) is 2.79. The number of nitrogens with one attached hydrogen (secondary N) is 1. The molecular formula is C15H20N2OS. The standard InChI is InChI=1S/C15H20N2OS/c1-11-10-17(6-7-19-11)15(18)14-8-12-4-2-3-5-13(12)9-16-14/h2-5,11,14,16H,6-10H2,1H3/t11?,14-/m0/s1. The molecule has 2 atom stereocenters. The van der Waals surface area contributed by atoms with Gasteiger partial charge in [-0.3, -0.25) is 4.79 Å². The van der Waals surface area contributed by atoms with Crippen molar-refractivity contribution in [1.82, 2.24) is 10.2 Å². The van der Waals surface area contributed by atoms with Gasteiger partial charge in [0.25, 0.3) is 0 Å². The predicted octanol–water partition coefficient (Wildman–Crippen LogP) is 1.66. The van der Waals surface area contributed by atoms with E-state index in [1.54, 1.807) is 0 Å². The third-order valence-corrected chi connectivity index (χ3v) is 5.07. The molecule has 1 amide bonds. The summed E-state index contributed by atoms with van der Waals surface area (Å²) in [4.78, 5) is 14.6. The number of hydrogen-bond donors (Lipinski definition) is 1. The Labute approximate surface area is 118 Å². The van der Waals surface area contributed by atoms with E-state index in [2.05, 4.69) is 36.5 Å². The van der Waals surface area contributed by atoms with Crippen molar-refractivity contribution in [2.24, 2.45) is 0 Å². The summed E-state index contributed by atoms with van der Waals surface area (Å²) in [5, 5.41) is 3.95. The number of carbonyl (C=O) groups is 1. The second-order valence-electron chi connectivity index (χ2n) is 5.37. The normalized spacial score (nSPS) is 26.9. The molecule has 1 aromatic carbocycles. The van der Waals surface area contributed by atoms with E-state index in [1.165, 1.54) is 11.1 Å². The monoisotopic (exact) mass is 276 g/mol. The quantitative estimate of drug-likeness (QED) is 0.847. The van der Waals surface area contributed by atoms with Gasteiger partial charge in [0.15, 0.2) is 0 Å². The first-order chi connectivity index (χ1) is 9.24. The molecule has 3 nitrogen and oxygen atoms in total. The Hall–Kier alpha value is -1.00. The fraction of sp³-hybridized carbons (Fsp3) is 0.533. The minimum atomic E-state index is -0.0369. The molecule has 102 valence electrons. The van der Waals surface area contributed by atoms with E-state index in [4.69, 9.17) is 0 Å². The fourth-order valence-electron chi connectivity index (χ4n) is 2.87. The Bertz CT molecular complexity index is 477. The number of benzene rings is 1. The van der Waals surface area contributed by atoms with Gasteiger partial charge >= 0.3 is 0 Å². The van der Waals surface area contributed by atoms with Gasteiger partial charge < -0.3 is 10.2 Å². The van der Waals surface area contributed by atoms with Crippen LogP contribution >= 0.6 is 11.8 Å². The van der Waals surface area contributed by atoms with Crippen molar-refractivity contribution in [1.29, 1.82) is 0 Å². The molecule has 1 aromatic rings. The van der Waals surface area contributed by atoms with E-state index in [0.717, 1.165) is 31.8 Å². The Balaban J connectivity index is 1.69. The molecule has 1 fully saturated rings. The molecule has 0 aliphatic carbocycles. The maximum atomic E-state index is 12.6. The number of thioether (sulfide) groups is 1. The summed E-state index contributed by atoms with van der Waals surface area (Å²) < 4.78 is 0. The van der Waals surface area contributed by atoms with Crippen LogP contribution in [0.25, 0.3) is 0 Å². The zero-order chi connectivity index (χ0) is 13.2. The molecule has 0 bridgehead atoms. The highest BCUT2D eigenvalue weighted by Crippen LogP contribution is 2.21. The Morgan fingerprint density at radius 1 is 1.37 bits per heavy atom. The van der Waals surface area contributed by atoms with Crippen molar-refractivity contribution in [2.45, 2.75) is 31.2 Å². The molecule has 3 rings (SSSR count). The van der Waals surface area contributed by atoms with Crippen LogP contribution in [0.3, 0.4) is 0 Å². The first kappa shape index (κ1) is 13.0. The van der Waals surface area contributed by atoms with Gasteiger partial charge in [-0.1, -0.05) is 31.2 Å². The van der Waals surface area contributed by atoms with Crippen LogP contribution in [0, 0.1) is 0 Å². The van der Waals surface area contributed by atoms with Crippen molar-refractivity contribution in [3.05, 3.63) is 35.4 Å². The largest absolute Gasteiger partial charge is 0.339 e. The van der Waals surface area contributed by atoms with Crippen molar-refractivity contribution < 1.29 is 4.79 Å². The number of nitrogens with zero attached hydrogens (tertiary/aromatic N) is 1. The number of rotatable bonds is 1. The lowest BCUT2D eigenvalue weighted by atomic mass is 9.95. The van der Waals surface area contributed by atoms with E-state index < -0.39 is 0 Å².